The molecule has 1 N–H and O–H groups in total. The monoisotopic (exact) mass is 314 g/mol. The topological polar surface area (TPSA) is 75.9 Å². The summed E-state index contributed by atoms with van der Waals surface area (Å²) < 4.78 is 2.18. The van der Waals surface area contributed by atoms with Gasteiger partial charge in [-0.2, -0.15) is 0 Å². The highest BCUT2D eigenvalue weighted by molar-refractivity contribution is 5.76. The van der Waals surface area contributed by atoms with Gasteiger partial charge in [0.15, 0.2) is 0 Å². The van der Waals surface area contributed by atoms with Gasteiger partial charge in [0, 0.05) is 50.8 Å². The number of nitrogens with one attached hydrogen (secondary N) is 1. The van der Waals surface area contributed by atoms with Gasteiger partial charge in [-0.25, -0.2) is 15.0 Å². The van der Waals surface area contributed by atoms with Crippen molar-refractivity contribution in [3.05, 3.63) is 36.7 Å². The second-order valence-electron chi connectivity index (χ2n) is 5.77. The maximum absolute atomic E-state index is 12.4. The Morgan fingerprint density at radius 3 is 2.87 bits per heavy atom. The Labute approximate surface area is 135 Å². The number of anilines is 1. The van der Waals surface area contributed by atoms with E-state index in [0.29, 0.717) is 25.0 Å². The number of aryl methyl sites for hydroxylation is 1. The normalized spacial score (nSPS) is 18.0. The van der Waals surface area contributed by atoms with Crippen LogP contribution in [0.4, 0.5) is 5.95 Å². The lowest BCUT2D eigenvalue weighted by Crippen LogP contribution is -2.41. The SMILES string of the molecule is Cc1nccn1[C@@H]1CCCN(C(=O)CCNc2ncccn2)C1. The molecule has 2 aromatic rings. The first-order valence-electron chi connectivity index (χ1n) is 8.02. The molecule has 1 atom stereocenters. The maximum Gasteiger partial charge on any atom is 0.224 e. The number of hydrogen-bond donors (Lipinski definition) is 1. The third-order valence-corrected chi connectivity index (χ3v) is 4.19. The third-order valence-electron chi connectivity index (χ3n) is 4.19. The third kappa shape index (κ3) is 3.85. The minimum Gasteiger partial charge on any atom is -0.354 e. The molecule has 0 unspecified atom stereocenters. The maximum atomic E-state index is 12.4. The van der Waals surface area contributed by atoms with Gasteiger partial charge in [-0.05, 0) is 25.8 Å². The summed E-state index contributed by atoms with van der Waals surface area (Å²) in [7, 11) is 0. The molecule has 0 radical (unpaired) electrons. The Balaban J connectivity index is 1.50. The molecule has 1 aliphatic heterocycles. The molecule has 0 spiro atoms. The van der Waals surface area contributed by atoms with Crippen molar-refractivity contribution in [2.75, 3.05) is 25.0 Å². The molecule has 1 aliphatic rings. The molecule has 2 aromatic heterocycles. The molecule has 0 aliphatic carbocycles. The molecular formula is C16H22N6O. The van der Waals surface area contributed by atoms with Crippen molar-refractivity contribution in [2.24, 2.45) is 0 Å². The van der Waals surface area contributed by atoms with Crippen LogP contribution >= 0.6 is 0 Å². The van der Waals surface area contributed by atoms with Gasteiger partial charge in [-0.1, -0.05) is 0 Å². The second-order valence-corrected chi connectivity index (χ2v) is 5.77. The van der Waals surface area contributed by atoms with Crippen molar-refractivity contribution in [1.82, 2.24) is 24.4 Å². The van der Waals surface area contributed by atoms with Crippen molar-refractivity contribution >= 4 is 11.9 Å². The lowest BCUT2D eigenvalue weighted by atomic mass is 10.0. The van der Waals surface area contributed by atoms with Gasteiger partial charge >= 0.3 is 0 Å². The first-order chi connectivity index (χ1) is 11.2. The molecule has 122 valence electrons. The van der Waals surface area contributed by atoms with Crippen LogP contribution in [0.5, 0.6) is 0 Å². The lowest BCUT2D eigenvalue weighted by molar-refractivity contribution is -0.132. The number of rotatable bonds is 5. The number of imidazole rings is 1. The van der Waals surface area contributed by atoms with Crippen LogP contribution in [-0.4, -0.2) is 50.0 Å². The number of carbonyl (C=O) groups excluding carboxylic acids is 1. The number of likely N-dealkylation sites (tertiary alicyclic amines) is 1. The molecule has 23 heavy (non-hydrogen) atoms. The Hall–Kier alpha value is -2.44. The Morgan fingerprint density at radius 1 is 1.30 bits per heavy atom. The van der Waals surface area contributed by atoms with Crippen LogP contribution in [0.2, 0.25) is 0 Å². The van der Waals surface area contributed by atoms with Crippen molar-refractivity contribution in [2.45, 2.75) is 32.2 Å². The first-order valence-corrected chi connectivity index (χ1v) is 8.02. The summed E-state index contributed by atoms with van der Waals surface area (Å²) in [5.74, 6) is 1.74. The lowest BCUT2D eigenvalue weighted by Gasteiger charge is -2.34. The van der Waals surface area contributed by atoms with Crippen LogP contribution in [0.1, 0.15) is 31.1 Å². The Bertz CT molecular complexity index is 641. The van der Waals surface area contributed by atoms with Gasteiger partial charge in [0.05, 0.1) is 6.04 Å². The number of carbonyl (C=O) groups is 1. The molecular weight excluding hydrogens is 292 g/mol. The van der Waals surface area contributed by atoms with Crippen LogP contribution in [-0.2, 0) is 4.79 Å². The molecule has 0 bridgehead atoms. The highest BCUT2D eigenvalue weighted by Crippen LogP contribution is 2.23. The molecule has 1 saturated heterocycles. The van der Waals surface area contributed by atoms with Gasteiger partial charge < -0.3 is 14.8 Å². The average molecular weight is 314 g/mol. The molecule has 7 nitrogen and oxygen atoms in total. The predicted molar refractivity (Wildman–Crippen MR) is 87.0 cm³/mol. The van der Waals surface area contributed by atoms with E-state index in [9.17, 15) is 4.79 Å². The second kappa shape index (κ2) is 7.21. The number of piperidine rings is 1. The van der Waals surface area contributed by atoms with Crippen molar-refractivity contribution in [3.8, 4) is 0 Å². The number of amides is 1. The summed E-state index contributed by atoms with van der Waals surface area (Å²) in [6, 6.07) is 2.10. The van der Waals surface area contributed by atoms with E-state index in [-0.39, 0.29) is 5.91 Å². The van der Waals surface area contributed by atoms with E-state index in [1.54, 1.807) is 18.5 Å². The van der Waals surface area contributed by atoms with Crippen LogP contribution < -0.4 is 5.32 Å². The largest absolute Gasteiger partial charge is 0.354 e. The summed E-state index contributed by atoms with van der Waals surface area (Å²) in [5, 5.41) is 3.08. The smallest absolute Gasteiger partial charge is 0.224 e. The minimum atomic E-state index is 0.177. The molecule has 3 rings (SSSR count). The zero-order valence-electron chi connectivity index (χ0n) is 13.4. The van der Waals surface area contributed by atoms with Crippen LogP contribution in [0.25, 0.3) is 0 Å². The molecule has 3 heterocycles. The fourth-order valence-corrected chi connectivity index (χ4v) is 3.01. The standard InChI is InChI=1S/C16H22N6O/c1-13-17-9-11-22(13)14-4-2-10-21(12-14)15(23)5-8-20-16-18-6-3-7-19-16/h3,6-7,9,11,14H,2,4-5,8,10,12H2,1H3,(H,18,19,20)/t14-/m1/s1. The van der Waals surface area contributed by atoms with E-state index in [0.717, 1.165) is 31.8 Å². The van der Waals surface area contributed by atoms with Gasteiger partial charge in [0.1, 0.15) is 5.82 Å². The van der Waals surface area contributed by atoms with Crippen molar-refractivity contribution < 1.29 is 4.79 Å². The van der Waals surface area contributed by atoms with E-state index in [1.807, 2.05) is 24.2 Å². The van der Waals surface area contributed by atoms with Crippen molar-refractivity contribution in [3.63, 3.8) is 0 Å². The molecule has 7 heteroatoms. The summed E-state index contributed by atoms with van der Waals surface area (Å²) in [6.45, 7) is 4.15. The molecule has 0 aromatic carbocycles. The van der Waals surface area contributed by atoms with Crippen LogP contribution in [0.3, 0.4) is 0 Å². The van der Waals surface area contributed by atoms with E-state index < -0.39 is 0 Å². The minimum absolute atomic E-state index is 0.177. The van der Waals surface area contributed by atoms with Gasteiger partial charge in [-0.3, -0.25) is 4.79 Å². The van der Waals surface area contributed by atoms with Gasteiger partial charge in [0.2, 0.25) is 11.9 Å². The number of hydrogen-bond acceptors (Lipinski definition) is 5. The summed E-state index contributed by atoms with van der Waals surface area (Å²) in [5.41, 5.74) is 0. The first kappa shape index (κ1) is 15.5. The molecule has 1 fully saturated rings. The highest BCUT2D eigenvalue weighted by atomic mass is 16.2. The average Bonchev–Trinajstić information content (AvgIpc) is 3.02. The number of nitrogens with zero attached hydrogens (tertiary/aromatic N) is 5. The van der Waals surface area contributed by atoms with Gasteiger partial charge in [0.25, 0.3) is 0 Å². The summed E-state index contributed by atoms with van der Waals surface area (Å²) >= 11 is 0. The predicted octanol–water partition coefficient (Wildman–Crippen LogP) is 1.65. The number of aromatic nitrogens is 4. The molecule has 0 saturated carbocycles. The highest BCUT2D eigenvalue weighted by Gasteiger charge is 2.24. The van der Waals surface area contributed by atoms with Crippen molar-refractivity contribution in [1.29, 1.82) is 0 Å². The summed E-state index contributed by atoms with van der Waals surface area (Å²) in [6.07, 6.45) is 9.76. The molecule has 1 amide bonds. The Kier molecular flexibility index (Phi) is 4.85. The fraction of sp³-hybridized carbons (Fsp3) is 0.500. The van der Waals surface area contributed by atoms with E-state index in [2.05, 4.69) is 24.8 Å². The van der Waals surface area contributed by atoms with Crippen LogP contribution in [0.15, 0.2) is 30.9 Å². The van der Waals surface area contributed by atoms with E-state index in [4.69, 9.17) is 0 Å². The zero-order valence-corrected chi connectivity index (χ0v) is 13.4. The fourth-order valence-electron chi connectivity index (χ4n) is 3.01. The van der Waals surface area contributed by atoms with E-state index >= 15 is 0 Å². The summed E-state index contributed by atoms with van der Waals surface area (Å²) in [4.78, 5) is 26.8. The van der Waals surface area contributed by atoms with Gasteiger partial charge in [-0.15, -0.1) is 0 Å². The Morgan fingerprint density at radius 2 is 2.13 bits per heavy atom. The zero-order chi connectivity index (χ0) is 16.1. The van der Waals surface area contributed by atoms with Crippen LogP contribution in [0, 0.1) is 6.92 Å². The van der Waals surface area contributed by atoms with E-state index in [1.165, 1.54) is 0 Å². The quantitative estimate of drug-likeness (QED) is 0.908.